The molecule has 0 aromatic heterocycles. The van der Waals surface area contributed by atoms with Gasteiger partial charge < -0.3 is 10.1 Å². The summed E-state index contributed by atoms with van der Waals surface area (Å²) in [5.41, 5.74) is 1.56. The molecule has 0 spiro atoms. The summed E-state index contributed by atoms with van der Waals surface area (Å²) >= 11 is 0. The Bertz CT molecular complexity index is 474. The van der Waals surface area contributed by atoms with Crippen molar-refractivity contribution in [3.8, 4) is 0 Å². The number of rotatable bonds is 7. The van der Waals surface area contributed by atoms with Crippen LogP contribution < -0.4 is 5.32 Å². The van der Waals surface area contributed by atoms with E-state index in [1.54, 1.807) is 12.1 Å². The van der Waals surface area contributed by atoms with Crippen LogP contribution in [0.5, 0.6) is 0 Å². The number of ether oxygens (including phenoxy) is 1. The van der Waals surface area contributed by atoms with Gasteiger partial charge in [-0.1, -0.05) is 20.1 Å². The quantitative estimate of drug-likeness (QED) is 0.586. The first-order valence-corrected chi connectivity index (χ1v) is 6.32. The lowest BCUT2D eigenvalue weighted by Gasteiger charge is -2.12. The second-order valence-corrected chi connectivity index (χ2v) is 4.05. The number of halogens is 1. The van der Waals surface area contributed by atoms with Crippen LogP contribution in [0.25, 0.3) is 5.76 Å². The van der Waals surface area contributed by atoms with Crippen molar-refractivity contribution in [2.75, 3.05) is 6.54 Å². The summed E-state index contributed by atoms with van der Waals surface area (Å²) in [4.78, 5) is 0. The molecule has 1 aromatic rings. The summed E-state index contributed by atoms with van der Waals surface area (Å²) in [6, 6.07) is 6.06. The zero-order chi connectivity index (χ0) is 14.3. The minimum atomic E-state index is -0.275. The predicted octanol–water partition coefficient (Wildman–Crippen LogP) is 4.23. The minimum absolute atomic E-state index is 0.275. The van der Waals surface area contributed by atoms with Gasteiger partial charge in [0.25, 0.3) is 0 Å². The fraction of sp³-hybridized carbons (Fsp3) is 0.250. The molecule has 19 heavy (non-hydrogen) atoms. The Kier molecular flexibility index (Phi) is 5.86. The Labute approximate surface area is 114 Å². The van der Waals surface area contributed by atoms with Crippen LogP contribution in [0.2, 0.25) is 0 Å². The molecule has 0 radical (unpaired) electrons. The maximum atomic E-state index is 12.8. The van der Waals surface area contributed by atoms with Crippen molar-refractivity contribution < 1.29 is 9.13 Å². The van der Waals surface area contributed by atoms with Gasteiger partial charge in [0.15, 0.2) is 0 Å². The molecule has 3 heteroatoms. The lowest BCUT2D eigenvalue weighted by molar-refractivity contribution is 0.368. The van der Waals surface area contributed by atoms with Gasteiger partial charge in [-0.15, -0.1) is 0 Å². The van der Waals surface area contributed by atoms with Gasteiger partial charge in [0.05, 0.1) is 0 Å². The summed E-state index contributed by atoms with van der Waals surface area (Å²) in [7, 11) is 0. The van der Waals surface area contributed by atoms with Crippen molar-refractivity contribution in [3.63, 3.8) is 0 Å². The van der Waals surface area contributed by atoms with Crippen molar-refractivity contribution in [1.29, 1.82) is 0 Å². The van der Waals surface area contributed by atoms with E-state index in [1.165, 1.54) is 12.1 Å². The van der Waals surface area contributed by atoms with E-state index in [9.17, 15) is 4.39 Å². The maximum Gasteiger partial charge on any atom is 0.126 e. The molecule has 1 aromatic carbocycles. The fourth-order valence-corrected chi connectivity index (χ4v) is 1.53. The Hall–Kier alpha value is -2.03. The van der Waals surface area contributed by atoms with Crippen LogP contribution in [-0.2, 0) is 4.74 Å². The highest BCUT2D eigenvalue weighted by atomic mass is 19.1. The highest BCUT2D eigenvalue weighted by Crippen LogP contribution is 2.19. The van der Waals surface area contributed by atoms with Gasteiger partial charge in [0.2, 0.25) is 0 Å². The standard InChI is InChI=1S/C16H20FNO/c1-5-16(11-12(3)18-6-2)19-13(4)14-7-9-15(17)10-8-14/h7-11,18H,3-6H2,1-2H3/b16-11+. The third-order valence-electron chi connectivity index (χ3n) is 2.51. The molecule has 0 aliphatic carbocycles. The predicted molar refractivity (Wildman–Crippen MR) is 77.7 cm³/mol. The van der Waals surface area contributed by atoms with Crippen LogP contribution in [0.3, 0.4) is 0 Å². The fourth-order valence-electron chi connectivity index (χ4n) is 1.53. The van der Waals surface area contributed by atoms with Crippen LogP contribution in [0, 0.1) is 5.82 Å². The van der Waals surface area contributed by atoms with Gasteiger partial charge in [-0.3, -0.25) is 0 Å². The first-order valence-electron chi connectivity index (χ1n) is 6.32. The smallest absolute Gasteiger partial charge is 0.126 e. The Morgan fingerprint density at radius 3 is 2.42 bits per heavy atom. The molecule has 0 saturated heterocycles. The lowest BCUT2D eigenvalue weighted by atomic mass is 10.2. The first-order chi connectivity index (χ1) is 9.06. The van der Waals surface area contributed by atoms with Crippen molar-refractivity contribution >= 4 is 5.76 Å². The molecule has 1 rings (SSSR count). The second-order valence-electron chi connectivity index (χ2n) is 4.05. The second kappa shape index (κ2) is 7.41. The average molecular weight is 261 g/mol. The van der Waals surface area contributed by atoms with Crippen LogP contribution in [0.15, 0.2) is 55.0 Å². The zero-order valence-corrected chi connectivity index (χ0v) is 11.5. The van der Waals surface area contributed by atoms with E-state index < -0.39 is 0 Å². The van der Waals surface area contributed by atoms with Crippen LogP contribution in [0.1, 0.15) is 25.8 Å². The van der Waals surface area contributed by atoms with E-state index >= 15 is 0 Å². The summed E-state index contributed by atoms with van der Waals surface area (Å²) < 4.78 is 18.5. The molecule has 0 atom stereocenters. The SMILES string of the molecule is C=C(/C=C(\CC)OC(=C)c1ccc(F)cc1)NCC. The number of nitrogens with one attached hydrogen (secondary N) is 1. The molecule has 0 amide bonds. The molecule has 0 saturated carbocycles. The van der Waals surface area contributed by atoms with Crippen molar-refractivity contribution in [3.05, 3.63) is 66.3 Å². The van der Waals surface area contributed by atoms with E-state index in [2.05, 4.69) is 18.5 Å². The maximum absolute atomic E-state index is 12.8. The van der Waals surface area contributed by atoms with E-state index in [1.807, 2.05) is 19.9 Å². The molecule has 0 aliphatic heterocycles. The molecule has 0 heterocycles. The highest BCUT2D eigenvalue weighted by Gasteiger charge is 2.04. The number of hydrogen-bond donors (Lipinski definition) is 1. The Balaban J connectivity index is 2.73. The van der Waals surface area contributed by atoms with Gasteiger partial charge in [0.1, 0.15) is 17.3 Å². The van der Waals surface area contributed by atoms with E-state index in [-0.39, 0.29) is 5.82 Å². The molecular weight excluding hydrogens is 241 g/mol. The van der Waals surface area contributed by atoms with E-state index in [0.717, 1.165) is 30.0 Å². The molecule has 102 valence electrons. The van der Waals surface area contributed by atoms with Gasteiger partial charge in [-0.05, 0) is 37.3 Å². The number of benzene rings is 1. The zero-order valence-electron chi connectivity index (χ0n) is 11.5. The number of hydrogen-bond acceptors (Lipinski definition) is 2. The van der Waals surface area contributed by atoms with Crippen LogP contribution >= 0.6 is 0 Å². The normalized spacial score (nSPS) is 11.0. The molecule has 0 unspecified atom stereocenters. The van der Waals surface area contributed by atoms with Gasteiger partial charge in [-0.25, -0.2) is 4.39 Å². The topological polar surface area (TPSA) is 21.3 Å². The highest BCUT2D eigenvalue weighted by molar-refractivity contribution is 5.58. The van der Waals surface area contributed by atoms with Gasteiger partial charge in [0, 0.05) is 24.2 Å². The molecule has 0 bridgehead atoms. The lowest BCUT2D eigenvalue weighted by Crippen LogP contribution is -2.09. The van der Waals surface area contributed by atoms with Crippen molar-refractivity contribution in [2.24, 2.45) is 0 Å². The van der Waals surface area contributed by atoms with Crippen LogP contribution in [0.4, 0.5) is 4.39 Å². The van der Waals surface area contributed by atoms with E-state index in [4.69, 9.17) is 4.74 Å². The summed E-state index contributed by atoms with van der Waals surface area (Å²) in [6.07, 6.45) is 2.57. The third kappa shape index (κ3) is 5.00. The summed E-state index contributed by atoms with van der Waals surface area (Å²) in [5.74, 6) is 0.987. The largest absolute Gasteiger partial charge is 0.462 e. The minimum Gasteiger partial charge on any atom is -0.462 e. The molecule has 0 fully saturated rings. The monoisotopic (exact) mass is 261 g/mol. The van der Waals surface area contributed by atoms with Crippen molar-refractivity contribution in [2.45, 2.75) is 20.3 Å². The molecular formula is C16H20FNO. The van der Waals surface area contributed by atoms with Crippen LogP contribution in [-0.4, -0.2) is 6.54 Å². The Morgan fingerprint density at radius 1 is 1.26 bits per heavy atom. The van der Waals surface area contributed by atoms with Gasteiger partial charge in [-0.2, -0.15) is 0 Å². The summed E-state index contributed by atoms with van der Waals surface area (Å²) in [6.45, 7) is 12.5. The molecule has 2 nitrogen and oxygen atoms in total. The number of allylic oxidation sites excluding steroid dienone is 2. The Morgan fingerprint density at radius 2 is 1.89 bits per heavy atom. The average Bonchev–Trinajstić information content (AvgIpc) is 2.38. The third-order valence-corrected chi connectivity index (χ3v) is 2.51. The first kappa shape index (κ1) is 15.0. The molecule has 0 aliphatic rings. The van der Waals surface area contributed by atoms with Crippen molar-refractivity contribution in [1.82, 2.24) is 5.32 Å². The van der Waals surface area contributed by atoms with Gasteiger partial charge >= 0.3 is 0 Å². The van der Waals surface area contributed by atoms with E-state index in [0.29, 0.717) is 5.76 Å². The number of likely N-dealkylation sites (N-methyl/N-ethyl adjacent to an activating group) is 1. The summed E-state index contributed by atoms with van der Waals surface area (Å²) in [5, 5.41) is 3.10. The molecule has 1 N–H and O–H groups in total.